The van der Waals surface area contributed by atoms with Crippen molar-refractivity contribution in [1.82, 2.24) is 0 Å². The third-order valence-electron chi connectivity index (χ3n) is 1.03. The molecule has 0 bridgehead atoms. The van der Waals surface area contributed by atoms with Crippen LogP contribution < -0.4 is 0 Å². The van der Waals surface area contributed by atoms with Crippen molar-refractivity contribution in [3.63, 3.8) is 0 Å². The molecular formula is C7H9O6P. The Labute approximate surface area is 79.7 Å². The second-order valence-electron chi connectivity index (χ2n) is 2.22. The first-order valence-electron chi connectivity index (χ1n) is 3.35. The lowest BCUT2D eigenvalue weighted by molar-refractivity contribution is 0.112. The Balaban J connectivity index is 0.000000292. The van der Waals surface area contributed by atoms with E-state index in [0.29, 0.717) is 5.56 Å². The zero-order chi connectivity index (χ0) is 11.2. The molecule has 0 spiro atoms. The molecule has 1 aromatic carbocycles. The topological polar surface area (TPSA) is 115 Å². The quantitative estimate of drug-likeness (QED) is 0.399. The van der Waals surface area contributed by atoms with Crippen molar-refractivity contribution in [3.8, 4) is 5.75 Å². The van der Waals surface area contributed by atoms with Crippen molar-refractivity contribution in [2.24, 2.45) is 0 Å². The van der Waals surface area contributed by atoms with E-state index >= 15 is 0 Å². The zero-order valence-electron chi connectivity index (χ0n) is 6.94. The van der Waals surface area contributed by atoms with E-state index in [4.69, 9.17) is 24.4 Å². The van der Waals surface area contributed by atoms with Gasteiger partial charge in [0.2, 0.25) is 0 Å². The van der Waals surface area contributed by atoms with Gasteiger partial charge in [-0.25, -0.2) is 4.57 Å². The summed E-state index contributed by atoms with van der Waals surface area (Å²) < 4.78 is 8.88. The number of rotatable bonds is 1. The lowest BCUT2D eigenvalue weighted by Crippen LogP contribution is -1.74. The maximum absolute atomic E-state index is 10.0. The molecule has 1 rings (SSSR count). The first kappa shape index (κ1) is 12.8. The molecule has 7 heteroatoms. The molecule has 0 fully saturated rings. The van der Waals surface area contributed by atoms with Crippen molar-refractivity contribution < 1.29 is 29.1 Å². The highest BCUT2D eigenvalue weighted by atomic mass is 31.2. The van der Waals surface area contributed by atoms with Gasteiger partial charge in [-0.15, -0.1) is 0 Å². The van der Waals surface area contributed by atoms with Crippen LogP contribution in [0.5, 0.6) is 5.75 Å². The lowest BCUT2D eigenvalue weighted by Gasteiger charge is -1.88. The zero-order valence-corrected chi connectivity index (χ0v) is 7.83. The number of benzene rings is 1. The summed E-state index contributed by atoms with van der Waals surface area (Å²) in [5, 5.41) is 8.74. The second-order valence-corrected chi connectivity index (χ2v) is 3.25. The average Bonchev–Trinajstić information content (AvgIpc) is 2.03. The SMILES string of the molecule is O=Cc1ccc(O)cc1.O=P(O)(O)O. The van der Waals surface area contributed by atoms with Gasteiger partial charge in [0.25, 0.3) is 0 Å². The van der Waals surface area contributed by atoms with Crippen LogP contribution in [0.4, 0.5) is 0 Å². The highest BCUT2D eigenvalue weighted by Gasteiger charge is 2.00. The van der Waals surface area contributed by atoms with Gasteiger partial charge in [0.1, 0.15) is 12.0 Å². The first-order valence-corrected chi connectivity index (χ1v) is 4.92. The van der Waals surface area contributed by atoms with Crippen molar-refractivity contribution >= 4 is 14.1 Å². The minimum Gasteiger partial charge on any atom is -0.508 e. The van der Waals surface area contributed by atoms with E-state index in [2.05, 4.69) is 0 Å². The van der Waals surface area contributed by atoms with E-state index in [1.807, 2.05) is 0 Å². The minimum absolute atomic E-state index is 0.181. The van der Waals surface area contributed by atoms with Crippen LogP contribution in [0, 0.1) is 0 Å². The highest BCUT2D eigenvalue weighted by Crippen LogP contribution is 2.25. The number of carbonyl (C=O) groups excluding carboxylic acids is 1. The third-order valence-corrected chi connectivity index (χ3v) is 1.03. The smallest absolute Gasteiger partial charge is 0.466 e. The molecule has 0 saturated carbocycles. The molecule has 78 valence electrons. The molecule has 0 amide bonds. The fourth-order valence-corrected chi connectivity index (χ4v) is 0.553. The Kier molecular flexibility index (Phi) is 5.04. The van der Waals surface area contributed by atoms with Gasteiger partial charge in [-0.05, 0) is 24.3 Å². The molecule has 0 aliphatic rings. The molecule has 0 unspecified atom stereocenters. The lowest BCUT2D eigenvalue weighted by atomic mass is 10.2. The predicted octanol–water partition coefficient (Wildman–Crippen LogP) is 0.276. The first-order chi connectivity index (χ1) is 6.33. The maximum atomic E-state index is 10.0. The summed E-state index contributed by atoms with van der Waals surface area (Å²) in [7, 11) is -4.64. The van der Waals surface area contributed by atoms with Gasteiger partial charge in [-0.3, -0.25) is 4.79 Å². The molecule has 0 aliphatic carbocycles. The number of hydrogen-bond donors (Lipinski definition) is 4. The van der Waals surface area contributed by atoms with E-state index in [-0.39, 0.29) is 5.75 Å². The van der Waals surface area contributed by atoms with E-state index in [1.165, 1.54) is 12.1 Å². The van der Waals surface area contributed by atoms with Crippen LogP contribution in [0.25, 0.3) is 0 Å². The van der Waals surface area contributed by atoms with Crippen molar-refractivity contribution in [1.29, 1.82) is 0 Å². The van der Waals surface area contributed by atoms with Gasteiger partial charge in [0.15, 0.2) is 0 Å². The van der Waals surface area contributed by atoms with Gasteiger partial charge in [0.05, 0.1) is 0 Å². The van der Waals surface area contributed by atoms with E-state index in [9.17, 15) is 4.79 Å². The Bertz CT molecular complexity index is 318. The maximum Gasteiger partial charge on any atom is 0.466 e. The number of phenols is 1. The fourth-order valence-electron chi connectivity index (χ4n) is 0.553. The molecule has 0 aromatic heterocycles. The average molecular weight is 220 g/mol. The van der Waals surface area contributed by atoms with Crippen LogP contribution in [-0.2, 0) is 4.57 Å². The van der Waals surface area contributed by atoms with E-state index in [0.717, 1.165) is 6.29 Å². The van der Waals surface area contributed by atoms with Gasteiger partial charge in [-0.1, -0.05) is 0 Å². The van der Waals surface area contributed by atoms with Crippen LogP contribution >= 0.6 is 7.82 Å². The van der Waals surface area contributed by atoms with Gasteiger partial charge in [0, 0.05) is 5.56 Å². The summed E-state index contributed by atoms with van der Waals surface area (Å²) in [5.41, 5.74) is 0.577. The van der Waals surface area contributed by atoms with Crippen molar-refractivity contribution in [3.05, 3.63) is 29.8 Å². The summed E-state index contributed by atoms with van der Waals surface area (Å²) in [4.78, 5) is 31.6. The normalized spacial score (nSPS) is 9.93. The fraction of sp³-hybridized carbons (Fsp3) is 0. The van der Waals surface area contributed by atoms with Crippen LogP contribution in [0.15, 0.2) is 24.3 Å². The van der Waals surface area contributed by atoms with Crippen molar-refractivity contribution in [2.75, 3.05) is 0 Å². The monoisotopic (exact) mass is 220 g/mol. The predicted molar refractivity (Wildman–Crippen MR) is 47.8 cm³/mol. The van der Waals surface area contributed by atoms with Gasteiger partial charge >= 0.3 is 7.82 Å². The molecule has 1 aromatic rings. The summed E-state index contributed by atoms with van der Waals surface area (Å²) >= 11 is 0. The number of phenolic OH excluding ortho intramolecular Hbond substituents is 1. The Morgan fingerprint density at radius 3 is 1.71 bits per heavy atom. The number of phosphoric acid groups is 1. The van der Waals surface area contributed by atoms with E-state index < -0.39 is 7.82 Å². The molecule has 4 N–H and O–H groups in total. The largest absolute Gasteiger partial charge is 0.508 e. The Morgan fingerprint density at radius 1 is 1.07 bits per heavy atom. The number of carbonyl (C=O) groups is 1. The molecule has 6 nitrogen and oxygen atoms in total. The number of aromatic hydroxyl groups is 1. The molecule has 0 heterocycles. The molecule has 0 saturated heterocycles. The number of hydrogen-bond acceptors (Lipinski definition) is 3. The second kappa shape index (κ2) is 5.51. The summed E-state index contributed by atoms with van der Waals surface area (Å²) in [6.07, 6.45) is 0.736. The van der Waals surface area contributed by atoms with E-state index in [1.54, 1.807) is 12.1 Å². The van der Waals surface area contributed by atoms with Crippen LogP contribution in [0.3, 0.4) is 0 Å². The highest BCUT2D eigenvalue weighted by molar-refractivity contribution is 7.45. The summed E-state index contributed by atoms with van der Waals surface area (Å²) in [6.45, 7) is 0. The van der Waals surface area contributed by atoms with Gasteiger partial charge in [-0.2, -0.15) is 0 Å². The summed E-state index contributed by atoms with van der Waals surface area (Å²) in [5.74, 6) is 0.181. The minimum atomic E-state index is -4.64. The molecule has 14 heavy (non-hydrogen) atoms. The molecule has 0 atom stereocenters. The van der Waals surface area contributed by atoms with Crippen LogP contribution in [0.1, 0.15) is 10.4 Å². The molecular weight excluding hydrogens is 211 g/mol. The Morgan fingerprint density at radius 2 is 1.43 bits per heavy atom. The van der Waals surface area contributed by atoms with Crippen LogP contribution in [-0.4, -0.2) is 26.1 Å². The standard InChI is InChI=1S/C7H6O2.H3O4P/c8-5-6-1-3-7(9)4-2-6;1-5(2,3)4/h1-5,9H;(H3,1,2,3,4). The third kappa shape index (κ3) is 8.89. The Hall–Kier alpha value is -1.20. The van der Waals surface area contributed by atoms with Gasteiger partial charge < -0.3 is 19.8 Å². The molecule has 0 radical (unpaired) electrons. The molecule has 0 aliphatic heterocycles. The number of aldehydes is 1. The summed E-state index contributed by atoms with van der Waals surface area (Å²) in [6, 6.07) is 6.07. The van der Waals surface area contributed by atoms with Crippen LogP contribution in [0.2, 0.25) is 0 Å². The van der Waals surface area contributed by atoms with Crippen molar-refractivity contribution in [2.45, 2.75) is 0 Å².